The number of quaternary nitrogens is 1. The van der Waals surface area contributed by atoms with Crippen LogP contribution in [0.25, 0.3) is 0 Å². The van der Waals surface area contributed by atoms with Crippen molar-refractivity contribution in [2.24, 2.45) is 0 Å². The number of unbranched alkanes of at least 4 members (excludes halogenated alkanes) is 39. The summed E-state index contributed by atoms with van der Waals surface area (Å²) >= 11 is 0. The van der Waals surface area contributed by atoms with E-state index in [1.807, 2.05) is 21.1 Å². The average Bonchev–Trinajstić information content (AvgIpc) is 3.22. The molecule has 0 rings (SSSR count). The fraction of sp³-hybridized carbons (Fsp3) is 0.962. The normalized spacial score (nSPS) is 12.9. The number of aliphatic hydroxyl groups excluding tert-OH is 1. The first-order chi connectivity index (χ1) is 29.7. The first kappa shape index (κ1) is 59.8. The number of carbonyl (C=O) groups is 2. The Bertz CT molecular complexity index is 910. The van der Waals surface area contributed by atoms with Crippen LogP contribution in [0.3, 0.4) is 0 Å². The van der Waals surface area contributed by atoms with Crippen LogP contribution in [-0.2, 0) is 23.8 Å². The summed E-state index contributed by atoms with van der Waals surface area (Å²) in [5.41, 5.74) is 0. The van der Waals surface area contributed by atoms with E-state index >= 15 is 0 Å². The molecule has 0 bridgehead atoms. The molecule has 8 nitrogen and oxygen atoms in total. The molecule has 61 heavy (non-hydrogen) atoms. The SMILES string of the molecule is CCCCCCCCCCCCCCCCCCCCCCCCCCCCCCCCCCCCCCCCCCC(=O)OCC(O)COC(OCC[N+](C)(C)C)C(=O)[O-]. The molecule has 0 radical (unpaired) electrons. The average molecular weight is 868 g/mol. The number of carboxylic acids is 1. The molecule has 364 valence electrons. The molecule has 0 aromatic carbocycles. The van der Waals surface area contributed by atoms with E-state index in [1.165, 1.54) is 238 Å². The van der Waals surface area contributed by atoms with Crippen LogP contribution in [0.15, 0.2) is 0 Å². The molecular weight excluding hydrogens is 763 g/mol. The maximum absolute atomic E-state index is 12.0. The predicted molar refractivity (Wildman–Crippen MR) is 256 cm³/mol. The number of aliphatic hydroxyl groups is 1. The maximum atomic E-state index is 12.0. The van der Waals surface area contributed by atoms with E-state index < -0.39 is 18.4 Å². The Balaban J connectivity index is 3.28. The molecule has 0 aliphatic heterocycles. The third kappa shape index (κ3) is 49.7. The number of ether oxygens (including phenoxy) is 3. The Morgan fingerprint density at radius 2 is 0.721 bits per heavy atom. The first-order valence-corrected chi connectivity index (χ1v) is 26.7. The number of aliphatic carboxylic acids is 1. The van der Waals surface area contributed by atoms with Crippen LogP contribution in [0.2, 0.25) is 0 Å². The van der Waals surface area contributed by atoms with E-state index in [0.717, 1.165) is 19.3 Å². The van der Waals surface area contributed by atoms with Gasteiger partial charge in [0.1, 0.15) is 19.3 Å². The molecule has 1 N–H and O–H groups in total. The van der Waals surface area contributed by atoms with Gasteiger partial charge in [0.15, 0.2) is 6.29 Å². The second kappa shape index (κ2) is 46.8. The Morgan fingerprint density at radius 3 is 0.984 bits per heavy atom. The van der Waals surface area contributed by atoms with Crippen LogP contribution in [-0.4, -0.2) is 81.4 Å². The molecule has 0 fully saturated rings. The fourth-order valence-electron chi connectivity index (χ4n) is 8.19. The smallest absolute Gasteiger partial charge is 0.305 e. The Kier molecular flexibility index (Phi) is 45.8. The molecule has 8 heteroatoms. The molecule has 0 heterocycles. The van der Waals surface area contributed by atoms with E-state index in [-0.39, 0.29) is 25.8 Å². The van der Waals surface area contributed by atoms with Crippen molar-refractivity contribution in [2.45, 2.75) is 283 Å². The van der Waals surface area contributed by atoms with Crippen LogP contribution in [0.1, 0.15) is 270 Å². The molecular formula is C53H105NO7. The monoisotopic (exact) mass is 868 g/mol. The lowest BCUT2D eigenvalue weighted by Crippen LogP contribution is -2.44. The lowest BCUT2D eigenvalue weighted by atomic mass is 10.0. The Labute approximate surface area is 379 Å². The summed E-state index contributed by atoms with van der Waals surface area (Å²) in [6, 6.07) is 0. The molecule has 2 atom stereocenters. The molecule has 0 aliphatic rings. The lowest BCUT2D eigenvalue weighted by Gasteiger charge is -2.26. The van der Waals surface area contributed by atoms with E-state index in [2.05, 4.69) is 6.92 Å². The third-order valence-corrected chi connectivity index (χ3v) is 12.3. The first-order valence-electron chi connectivity index (χ1n) is 26.7. The van der Waals surface area contributed by atoms with Crippen LogP contribution in [0.5, 0.6) is 0 Å². The number of rotatable bonds is 51. The second-order valence-electron chi connectivity index (χ2n) is 19.7. The van der Waals surface area contributed by atoms with Gasteiger partial charge in [0.2, 0.25) is 0 Å². The van der Waals surface area contributed by atoms with Gasteiger partial charge in [-0.05, 0) is 6.42 Å². The molecule has 0 aromatic heterocycles. The summed E-state index contributed by atoms with van der Waals surface area (Å²) in [4.78, 5) is 23.2. The van der Waals surface area contributed by atoms with Crippen LogP contribution in [0.4, 0.5) is 0 Å². The minimum atomic E-state index is -1.57. The van der Waals surface area contributed by atoms with E-state index in [4.69, 9.17) is 14.2 Å². The van der Waals surface area contributed by atoms with Crippen molar-refractivity contribution in [3.05, 3.63) is 0 Å². The van der Waals surface area contributed by atoms with Crippen LogP contribution >= 0.6 is 0 Å². The minimum Gasteiger partial charge on any atom is -0.545 e. The Hall–Kier alpha value is -1.22. The maximum Gasteiger partial charge on any atom is 0.305 e. The highest BCUT2D eigenvalue weighted by molar-refractivity contribution is 5.69. The number of nitrogens with zero attached hydrogens (tertiary/aromatic N) is 1. The highest BCUT2D eigenvalue weighted by Gasteiger charge is 2.17. The summed E-state index contributed by atoms with van der Waals surface area (Å²) in [5.74, 6) is -1.86. The zero-order valence-corrected chi connectivity index (χ0v) is 41.3. The molecule has 0 amide bonds. The molecule has 0 aliphatic carbocycles. The number of carboxylic acid groups (broad SMARTS) is 1. The van der Waals surface area contributed by atoms with Gasteiger partial charge in [0, 0.05) is 6.42 Å². The predicted octanol–water partition coefficient (Wildman–Crippen LogP) is 13.7. The summed E-state index contributed by atoms with van der Waals surface area (Å²) in [7, 11) is 5.89. The van der Waals surface area contributed by atoms with E-state index in [9.17, 15) is 19.8 Å². The highest BCUT2D eigenvalue weighted by Crippen LogP contribution is 2.18. The quantitative estimate of drug-likeness (QED) is 0.0281. The molecule has 0 aromatic rings. The van der Waals surface area contributed by atoms with E-state index in [1.54, 1.807) is 0 Å². The van der Waals surface area contributed by atoms with Gasteiger partial charge in [0.05, 0.1) is 40.3 Å². The van der Waals surface area contributed by atoms with Crippen LogP contribution < -0.4 is 5.11 Å². The minimum absolute atomic E-state index is 0.174. The van der Waals surface area contributed by atoms with Gasteiger partial charge >= 0.3 is 5.97 Å². The number of esters is 1. The molecule has 0 spiro atoms. The van der Waals surface area contributed by atoms with Gasteiger partial charge in [-0.25, -0.2) is 0 Å². The summed E-state index contributed by atoms with van der Waals surface area (Å²) in [6.07, 6.45) is 53.4. The summed E-state index contributed by atoms with van der Waals surface area (Å²) in [5, 5.41) is 21.2. The zero-order chi connectivity index (χ0) is 44.8. The molecule has 0 saturated heterocycles. The Morgan fingerprint density at radius 1 is 0.443 bits per heavy atom. The van der Waals surface area contributed by atoms with Crippen molar-refractivity contribution in [3.63, 3.8) is 0 Å². The van der Waals surface area contributed by atoms with Crippen molar-refractivity contribution >= 4 is 11.9 Å². The van der Waals surface area contributed by atoms with Gasteiger partial charge < -0.3 is 33.7 Å². The zero-order valence-electron chi connectivity index (χ0n) is 41.3. The number of carbonyl (C=O) groups excluding carboxylic acids is 2. The number of hydrogen-bond donors (Lipinski definition) is 1. The highest BCUT2D eigenvalue weighted by atomic mass is 16.7. The van der Waals surface area contributed by atoms with Crippen molar-refractivity contribution in [2.75, 3.05) is 47.5 Å². The van der Waals surface area contributed by atoms with Gasteiger partial charge in [-0.1, -0.05) is 257 Å². The van der Waals surface area contributed by atoms with Gasteiger partial charge in [-0.15, -0.1) is 0 Å². The van der Waals surface area contributed by atoms with Gasteiger partial charge in [-0.2, -0.15) is 0 Å². The number of likely N-dealkylation sites (N-methyl/N-ethyl adjacent to an activating group) is 1. The van der Waals surface area contributed by atoms with E-state index in [0.29, 0.717) is 17.4 Å². The van der Waals surface area contributed by atoms with Gasteiger partial charge in [0.25, 0.3) is 0 Å². The van der Waals surface area contributed by atoms with Crippen molar-refractivity contribution < 1.29 is 38.5 Å². The second-order valence-corrected chi connectivity index (χ2v) is 19.7. The largest absolute Gasteiger partial charge is 0.545 e. The fourth-order valence-corrected chi connectivity index (χ4v) is 8.19. The number of hydrogen-bond acceptors (Lipinski definition) is 7. The third-order valence-electron chi connectivity index (χ3n) is 12.3. The lowest BCUT2D eigenvalue weighted by molar-refractivity contribution is -0.870. The van der Waals surface area contributed by atoms with Crippen molar-refractivity contribution in [1.82, 2.24) is 0 Å². The standard InChI is InChI=1S/C53H105NO7/c1-5-6-7-8-9-10-11-12-13-14-15-16-17-18-19-20-21-22-23-24-25-26-27-28-29-30-31-32-33-34-35-36-37-38-39-40-41-42-43-44-45-51(56)60-48-50(55)49-61-53(52(57)58)59-47-46-54(2,3)4/h50,53,55H,5-49H2,1-4H3. The summed E-state index contributed by atoms with van der Waals surface area (Å²) < 4.78 is 16.1. The summed E-state index contributed by atoms with van der Waals surface area (Å²) in [6.45, 7) is 2.50. The van der Waals surface area contributed by atoms with Gasteiger partial charge in [-0.3, -0.25) is 4.79 Å². The molecule has 2 unspecified atom stereocenters. The van der Waals surface area contributed by atoms with Crippen molar-refractivity contribution in [3.8, 4) is 0 Å². The topological polar surface area (TPSA) is 105 Å². The van der Waals surface area contributed by atoms with Crippen LogP contribution in [0, 0.1) is 0 Å². The molecule has 0 saturated carbocycles. The van der Waals surface area contributed by atoms with Crippen molar-refractivity contribution in [1.29, 1.82) is 0 Å².